The van der Waals surface area contributed by atoms with Gasteiger partial charge in [0, 0.05) is 31.7 Å². The molecule has 1 saturated heterocycles. The van der Waals surface area contributed by atoms with Crippen LogP contribution in [0.25, 0.3) is 0 Å². The van der Waals surface area contributed by atoms with Gasteiger partial charge in [0.15, 0.2) is 5.78 Å². The lowest BCUT2D eigenvalue weighted by Crippen LogP contribution is -2.56. The van der Waals surface area contributed by atoms with Gasteiger partial charge in [0.25, 0.3) is 0 Å². The number of nitrogens with zero attached hydrogens (tertiary/aromatic N) is 3. The Hall–Kier alpha value is -1.92. The number of ketones is 1. The Morgan fingerprint density at radius 3 is 2.36 bits per heavy atom. The maximum Gasteiger partial charge on any atom is 0.321 e. The Morgan fingerprint density at radius 1 is 1.15 bits per heavy atom. The van der Waals surface area contributed by atoms with Gasteiger partial charge in [-0.15, -0.1) is 0 Å². The van der Waals surface area contributed by atoms with Crippen molar-refractivity contribution in [2.24, 2.45) is 11.8 Å². The average molecular weight is 456 g/mol. The van der Waals surface area contributed by atoms with Crippen LogP contribution in [-0.4, -0.2) is 77.5 Å². The number of Topliss-reactive ketones (excluding diaryl/α,β-unsaturated/α-hetero) is 1. The summed E-state index contributed by atoms with van der Waals surface area (Å²) >= 11 is 0. The molecular formula is C27H41N3O3. The molecule has 1 aliphatic heterocycles. The molecule has 6 heteroatoms. The van der Waals surface area contributed by atoms with Gasteiger partial charge in [0.2, 0.25) is 0 Å². The summed E-state index contributed by atoms with van der Waals surface area (Å²) in [7, 11) is 4.34. The average Bonchev–Trinajstić information content (AvgIpc) is 3.02. The second-order valence-electron chi connectivity index (χ2n) is 11.1. The first-order valence-electron chi connectivity index (χ1n) is 12.7. The van der Waals surface area contributed by atoms with Gasteiger partial charge >= 0.3 is 6.03 Å². The van der Waals surface area contributed by atoms with Gasteiger partial charge in [-0.25, -0.2) is 4.79 Å². The Kier molecular flexibility index (Phi) is 7.15. The first-order chi connectivity index (χ1) is 15.8. The first-order valence-corrected chi connectivity index (χ1v) is 12.7. The highest BCUT2D eigenvalue weighted by Gasteiger charge is 2.55. The van der Waals surface area contributed by atoms with Gasteiger partial charge in [-0.3, -0.25) is 9.69 Å². The molecular weight excluding hydrogens is 414 g/mol. The van der Waals surface area contributed by atoms with Crippen LogP contribution in [0.4, 0.5) is 4.79 Å². The van der Waals surface area contributed by atoms with Crippen molar-refractivity contribution in [3.63, 3.8) is 0 Å². The van der Waals surface area contributed by atoms with Crippen LogP contribution in [0.15, 0.2) is 30.3 Å². The number of aliphatic hydroxyl groups is 1. The predicted molar refractivity (Wildman–Crippen MR) is 130 cm³/mol. The lowest BCUT2D eigenvalue weighted by atomic mass is 9.68. The first kappa shape index (κ1) is 24.2. The zero-order valence-corrected chi connectivity index (χ0v) is 20.6. The Bertz CT molecular complexity index is 828. The predicted octanol–water partition coefficient (Wildman–Crippen LogP) is 3.88. The van der Waals surface area contributed by atoms with Gasteiger partial charge < -0.3 is 14.9 Å². The van der Waals surface area contributed by atoms with Gasteiger partial charge in [0.1, 0.15) is 0 Å². The van der Waals surface area contributed by atoms with E-state index < -0.39 is 0 Å². The molecule has 1 atom stereocenters. The van der Waals surface area contributed by atoms with Crippen LogP contribution in [0.5, 0.6) is 0 Å². The van der Waals surface area contributed by atoms with Crippen LogP contribution >= 0.6 is 0 Å². The Labute approximate surface area is 198 Å². The number of benzene rings is 1. The second-order valence-corrected chi connectivity index (χ2v) is 11.1. The molecule has 33 heavy (non-hydrogen) atoms. The molecule has 1 aromatic carbocycles. The van der Waals surface area contributed by atoms with Crippen LogP contribution in [0.2, 0.25) is 0 Å². The second kappa shape index (κ2) is 9.75. The summed E-state index contributed by atoms with van der Waals surface area (Å²) in [6.45, 7) is 3.53. The number of amides is 2. The van der Waals surface area contributed by atoms with Crippen molar-refractivity contribution < 1.29 is 14.7 Å². The third kappa shape index (κ3) is 4.69. The molecule has 1 heterocycles. The van der Waals surface area contributed by atoms with E-state index >= 15 is 0 Å². The standard InChI is InChI=1S/C27H41N3O3/c1-21(19-31)16-24(32)18-29-20-26(30(25(29)33)17-22-8-7-9-22)12-14-27(15-13-26,28(2)3)23-10-5-4-6-11-23/h4-6,10-11,21-22,31H,7-9,12-20H2,1-3H3/t21-,26?,27?/m1/s1. The quantitative estimate of drug-likeness (QED) is 0.614. The fraction of sp³-hybridized carbons (Fsp3) is 0.704. The van der Waals surface area contributed by atoms with Crippen molar-refractivity contribution in [2.75, 3.05) is 40.3 Å². The van der Waals surface area contributed by atoms with Crippen molar-refractivity contribution in [3.05, 3.63) is 35.9 Å². The Morgan fingerprint density at radius 2 is 1.82 bits per heavy atom. The van der Waals surface area contributed by atoms with E-state index in [2.05, 4.69) is 54.2 Å². The zero-order chi connectivity index (χ0) is 23.6. The third-order valence-corrected chi connectivity index (χ3v) is 8.65. The zero-order valence-electron chi connectivity index (χ0n) is 20.6. The number of aliphatic hydroxyl groups excluding tert-OH is 1. The minimum atomic E-state index is -0.177. The van der Waals surface area contributed by atoms with Gasteiger partial charge in [-0.05, 0) is 70.0 Å². The van der Waals surface area contributed by atoms with Crippen LogP contribution in [0.1, 0.15) is 63.9 Å². The fourth-order valence-corrected chi connectivity index (χ4v) is 6.24. The van der Waals surface area contributed by atoms with E-state index in [4.69, 9.17) is 0 Å². The van der Waals surface area contributed by atoms with Gasteiger partial charge in [0.05, 0.1) is 12.1 Å². The summed E-state index contributed by atoms with van der Waals surface area (Å²) in [5.41, 5.74) is 1.16. The molecule has 3 fully saturated rings. The maximum atomic E-state index is 13.6. The van der Waals surface area contributed by atoms with Crippen LogP contribution in [0, 0.1) is 11.8 Å². The number of carbonyl (C=O) groups is 2. The van der Waals surface area contributed by atoms with Gasteiger partial charge in [-0.1, -0.05) is 43.7 Å². The van der Waals surface area contributed by atoms with Crippen molar-refractivity contribution in [1.29, 1.82) is 0 Å². The summed E-state index contributed by atoms with van der Waals surface area (Å²) in [4.78, 5) is 32.5. The monoisotopic (exact) mass is 455 g/mol. The van der Waals surface area contributed by atoms with E-state index in [-0.39, 0.29) is 42.0 Å². The largest absolute Gasteiger partial charge is 0.396 e. The normalized spacial score (nSPS) is 29.1. The van der Waals surface area contributed by atoms with E-state index in [9.17, 15) is 14.7 Å². The number of hydrogen-bond acceptors (Lipinski definition) is 4. The molecule has 6 nitrogen and oxygen atoms in total. The SMILES string of the molecule is C[C@@H](CO)CC(=O)CN1CC2(CCC(c3ccccc3)(N(C)C)CC2)N(CC2CCC2)C1=O. The minimum Gasteiger partial charge on any atom is -0.396 e. The van der Waals surface area contributed by atoms with Crippen molar-refractivity contribution in [2.45, 2.75) is 69.4 Å². The molecule has 3 aliphatic rings. The molecule has 0 bridgehead atoms. The molecule has 0 unspecified atom stereocenters. The van der Waals surface area contributed by atoms with Crippen molar-refractivity contribution in [1.82, 2.24) is 14.7 Å². The summed E-state index contributed by atoms with van der Waals surface area (Å²) < 4.78 is 0. The molecule has 0 radical (unpaired) electrons. The number of hydrogen-bond donors (Lipinski definition) is 1. The highest BCUT2D eigenvalue weighted by atomic mass is 16.3. The summed E-state index contributed by atoms with van der Waals surface area (Å²) in [6.07, 6.45) is 7.92. The highest BCUT2D eigenvalue weighted by Crippen LogP contribution is 2.49. The lowest BCUT2D eigenvalue weighted by Gasteiger charge is -2.51. The molecule has 4 rings (SSSR count). The van der Waals surface area contributed by atoms with Crippen LogP contribution in [0.3, 0.4) is 0 Å². The van der Waals surface area contributed by atoms with E-state index in [0.717, 1.165) is 32.2 Å². The summed E-state index contributed by atoms with van der Waals surface area (Å²) in [5, 5.41) is 9.31. The number of urea groups is 1. The topological polar surface area (TPSA) is 64.1 Å². The van der Waals surface area contributed by atoms with E-state index in [1.807, 2.05) is 6.92 Å². The summed E-state index contributed by atoms with van der Waals surface area (Å²) in [6, 6.07) is 10.8. The number of carbonyl (C=O) groups excluding carboxylic acids is 2. The third-order valence-electron chi connectivity index (χ3n) is 8.65. The maximum absolute atomic E-state index is 13.6. The van der Waals surface area contributed by atoms with Crippen LogP contribution < -0.4 is 0 Å². The van der Waals surface area contributed by atoms with Crippen molar-refractivity contribution >= 4 is 11.8 Å². The minimum absolute atomic E-state index is 0.00351. The van der Waals surface area contributed by atoms with E-state index in [0.29, 0.717) is 18.9 Å². The molecule has 1 aromatic rings. The fourth-order valence-electron chi connectivity index (χ4n) is 6.24. The molecule has 182 valence electrons. The lowest BCUT2D eigenvalue weighted by molar-refractivity contribution is -0.120. The molecule has 1 N–H and O–H groups in total. The van der Waals surface area contributed by atoms with E-state index in [1.54, 1.807) is 4.90 Å². The Balaban J connectivity index is 1.54. The van der Waals surface area contributed by atoms with Gasteiger partial charge in [-0.2, -0.15) is 0 Å². The van der Waals surface area contributed by atoms with Crippen molar-refractivity contribution in [3.8, 4) is 0 Å². The molecule has 1 spiro atoms. The van der Waals surface area contributed by atoms with Crippen LogP contribution in [-0.2, 0) is 10.3 Å². The molecule has 0 aromatic heterocycles. The number of rotatable bonds is 9. The smallest absolute Gasteiger partial charge is 0.321 e. The summed E-state index contributed by atoms with van der Waals surface area (Å²) in [5.74, 6) is 0.593. The molecule has 2 saturated carbocycles. The molecule has 2 aliphatic carbocycles. The highest BCUT2D eigenvalue weighted by molar-refractivity contribution is 5.87. The van der Waals surface area contributed by atoms with E-state index in [1.165, 1.54) is 24.8 Å². The molecule has 2 amide bonds.